The third-order valence-electron chi connectivity index (χ3n) is 10.0. The number of carbonyl (C=O) groups is 1. The number of aryl methyl sites for hydroxylation is 1. The van der Waals surface area contributed by atoms with Crippen LogP contribution in [0.15, 0.2) is 30.9 Å². The number of aromatic nitrogens is 1. The van der Waals surface area contributed by atoms with Gasteiger partial charge in [-0.25, -0.2) is 4.98 Å². The summed E-state index contributed by atoms with van der Waals surface area (Å²) < 4.78 is 6.70. The monoisotopic (exact) mass is 593 g/mol. The quantitative estimate of drug-likeness (QED) is 0.437. The number of piperazine rings is 1. The van der Waals surface area contributed by atoms with Crippen LogP contribution in [-0.2, 0) is 30.6 Å². The van der Waals surface area contributed by atoms with Crippen LogP contribution < -0.4 is 14.5 Å². The maximum atomic E-state index is 12.6. The van der Waals surface area contributed by atoms with Gasteiger partial charge in [-0.3, -0.25) is 4.79 Å². The van der Waals surface area contributed by atoms with E-state index in [1.165, 1.54) is 35.7 Å². The zero-order valence-corrected chi connectivity index (χ0v) is 26.1. The van der Waals surface area contributed by atoms with E-state index in [0.29, 0.717) is 37.6 Å². The van der Waals surface area contributed by atoms with E-state index in [9.17, 15) is 15.3 Å². The Kier molecular flexibility index (Phi) is 8.77. The largest absolute Gasteiger partial charge is 0.472 e. The molecule has 0 N–H and O–H groups in total. The van der Waals surface area contributed by atoms with Crippen LogP contribution in [0.3, 0.4) is 0 Å². The summed E-state index contributed by atoms with van der Waals surface area (Å²) in [5.74, 6) is 0.252. The van der Waals surface area contributed by atoms with Crippen LogP contribution in [0, 0.1) is 22.7 Å². The first-order valence-electron chi connectivity index (χ1n) is 16.1. The van der Waals surface area contributed by atoms with Gasteiger partial charge in [0, 0.05) is 43.5 Å². The van der Waals surface area contributed by atoms with E-state index in [0.717, 1.165) is 62.0 Å². The van der Waals surface area contributed by atoms with Gasteiger partial charge in [0.05, 0.1) is 36.5 Å². The van der Waals surface area contributed by atoms with Crippen molar-refractivity contribution in [2.24, 2.45) is 0 Å². The molecule has 1 amide bonds. The first-order chi connectivity index (χ1) is 21.4. The number of ether oxygens (including phenoxy) is 1. The molecule has 3 heterocycles. The molecule has 0 spiro atoms. The standard InChI is InChI=1S/C35H43N7O2/c1-4-33(43)42-20-19-41(22-25(42)15-17-36)34-27-16-18-40(30-12-7-10-24-9-5-6-11-26(24)30)23-29(27)38-35(28(34)21-37)44-32-14-8-13-31(32)39(2)3/h4,7,10,12,25,31-32H,1,5-6,8-9,11,13-16,18-20,22-23H2,2-3H3/t25-,31+,32+/m0/s1. The Morgan fingerprint density at radius 3 is 2.70 bits per heavy atom. The number of pyridine rings is 1. The van der Waals surface area contributed by atoms with E-state index in [1.807, 2.05) is 0 Å². The molecule has 4 aliphatic rings. The number of nitriles is 2. The summed E-state index contributed by atoms with van der Waals surface area (Å²) in [6, 6.07) is 11.4. The summed E-state index contributed by atoms with van der Waals surface area (Å²) in [6.45, 7) is 6.65. The molecule has 44 heavy (non-hydrogen) atoms. The van der Waals surface area contributed by atoms with Crippen molar-refractivity contribution in [1.82, 2.24) is 14.8 Å². The third kappa shape index (κ3) is 5.62. The Labute approximate surface area is 261 Å². The highest BCUT2D eigenvalue weighted by molar-refractivity contribution is 5.87. The summed E-state index contributed by atoms with van der Waals surface area (Å²) in [5, 5.41) is 20.3. The minimum atomic E-state index is -0.289. The minimum Gasteiger partial charge on any atom is -0.472 e. The summed E-state index contributed by atoms with van der Waals surface area (Å²) in [7, 11) is 4.17. The molecular weight excluding hydrogens is 550 g/mol. The summed E-state index contributed by atoms with van der Waals surface area (Å²) >= 11 is 0. The number of benzene rings is 1. The van der Waals surface area contributed by atoms with Crippen LogP contribution in [0.5, 0.6) is 5.88 Å². The van der Waals surface area contributed by atoms with E-state index in [4.69, 9.17) is 9.72 Å². The number of amides is 1. The van der Waals surface area contributed by atoms with Crippen molar-refractivity contribution < 1.29 is 9.53 Å². The molecule has 1 aromatic heterocycles. The van der Waals surface area contributed by atoms with Crippen LogP contribution in [0.2, 0.25) is 0 Å². The molecule has 1 aromatic carbocycles. The average Bonchev–Trinajstić information content (AvgIpc) is 3.52. The normalized spacial score (nSPS) is 23.0. The molecule has 1 saturated heterocycles. The Hall–Kier alpha value is -4.08. The number of fused-ring (bicyclic) bond motifs is 2. The van der Waals surface area contributed by atoms with Gasteiger partial charge >= 0.3 is 0 Å². The lowest BCUT2D eigenvalue weighted by molar-refractivity contribution is -0.128. The van der Waals surface area contributed by atoms with Crippen molar-refractivity contribution in [1.29, 1.82) is 10.5 Å². The fourth-order valence-electron chi connectivity index (χ4n) is 7.86. The minimum absolute atomic E-state index is 0.0373. The van der Waals surface area contributed by atoms with Crippen LogP contribution in [0.1, 0.15) is 66.5 Å². The topological polar surface area (TPSA) is 99.7 Å². The van der Waals surface area contributed by atoms with Gasteiger partial charge in [-0.1, -0.05) is 18.7 Å². The molecule has 2 aliphatic carbocycles. The van der Waals surface area contributed by atoms with Crippen LogP contribution in [0.4, 0.5) is 11.4 Å². The number of anilines is 2. The van der Waals surface area contributed by atoms with Crippen molar-refractivity contribution in [3.63, 3.8) is 0 Å². The molecule has 230 valence electrons. The molecular formula is C35H43N7O2. The Morgan fingerprint density at radius 1 is 1.09 bits per heavy atom. The van der Waals surface area contributed by atoms with Gasteiger partial charge in [0.15, 0.2) is 0 Å². The molecule has 0 radical (unpaired) electrons. The Bertz CT molecular complexity index is 1510. The van der Waals surface area contributed by atoms with Gasteiger partial charge in [0.1, 0.15) is 17.7 Å². The maximum absolute atomic E-state index is 12.6. The number of carbonyl (C=O) groups excluding carboxylic acids is 1. The first-order valence-corrected chi connectivity index (χ1v) is 16.1. The van der Waals surface area contributed by atoms with Crippen molar-refractivity contribution in [2.45, 2.75) is 82.5 Å². The highest BCUT2D eigenvalue weighted by atomic mass is 16.5. The molecule has 2 aliphatic heterocycles. The smallest absolute Gasteiger partial charge is 0.246 e. The fraction of sp³-hybridized carbons (Fsp3) is 0.543. The van der Waals surface area contributed by atoms with Gasteiger partial charge in [-0.2, -0.15) is 10.5 Å². The van der Waals surface area contributed by atoms with Gasteiger partial charge in [0.25, 0.3) is 0 Å². The summed E-state index contributed by atoms with van der Waals surface area (Å²) in [4.78, 5) is 26.4. The van der Waals surface area contributed by atoms with Gasteiger partial charge in [-0.15, -0.1) is 0 Å². The lowest BCUT2D eigenvalue weighted by Gasteiger charge is -2.43. The number of hydrogen-bond acceptors (Lipinski definition) is 8. The lowest BCUT2D eigenvalue weighted by atomic mass is 9.89. The van der Waals surface area contributed by atoms with E-state index >= 15 is 0 Å². The van der Waals surface area contributed by atoms with Crippen LogP contribution in [0.25, 0.3) is 0 Å². The first kappa shape index (κ1) is 30.0. The Morgan fingerprint density at radius 2 is 1.93 bits per heavy atom. The lowest BCUT2D eigenvalue weighted by Crippen LogP contribution is -2.55. The summed E-state index contributed by atoms with van der Waals surface area (Å²) in [6.07, 6.45) is 10.0. The van der Waals surface area contributed by atoms with Crippen LogP contribution >= 0.6 is 0 Å². The second kappa shape index (κ2) is 12.9. The van der Waals surface area contributed by atoms with Gasteiger partial charge in [0.2, 0.25) is 11.8 Å². The summed E-state index contributed by atoms with van der Waals surface area (Å²) in [5.41, 5.74) is 7.61. The molecule has 9 heteroatoms. The molecule has 6 rings (SSSR count). The highest BCUT2D eigenvalue weighted by Gasteiger charge is 2.37. The third-order valence-corrected chi connectivity index (χ3v) is 10.0. The SMILES string of the molecule is C=CC(=O)N1CCN(c2c(C#N)c(O[C@@H]3CCC[C@H]3N(C)C)nc3c2CCN(c2cccc4c2CCCC4)C3)C[C@@H]1CC#N. The molecule has 0 unspecified atom stereocenters. The van der Waals surface area contributed by atoms with Crippen molar-refractivity contribution >= 4 is 17.3 Å². The molecule has 2 aromatic rings. The molecule has 0 bridgehead atoms. The molecule has 3 atom stereocenters. The van der Waals surface area contributed by atoms with Crippen molar-refractivity contribution in [3.05, 3.63) is 58.8 Å². The van der Waals surface area contributed by atoms with Crippen LogP contribution in [-0.4, -0.2) is 79.2 Å². The number of likely N-dealkylation sites (N-methyl/N-ethyl adjacent to an activating group) is 1. The van der Waals surface area contributed by atoms with Crippen molar-refractivity contribution in [3.8, 4) is 18.0 Å². The second-order valence-electron chi connectivity index (χ2n) is 12.8. The fourth-order valence-corrected chi connectivity index (χ4v) is 7.86. The average molecular weight is 594 g/mol. The number of hydrogen-bond donors (Lipinski definition) is 0. The van der Waals surface area contributed by atoms with E-state index < -0.39 is 0 Å². The maximum Gasteiger partial charge on any atom is 0.246 e. The highest BCUT2D eigenvalue weighted by Crippen LogP contribution is 2.41. The number of nitrogens with zero attached hydrogens (tertiary/aromatic N) is 7. The predicted octanol–water partition coefficient (Wildman–Crippen LogP) is 4.37. The zero-order valence-electron chi connectivity index (χ0n) is 26.1. The molecule has 1 saturated carbocycles. The van der Waals surface area contributed by atoms with Gasteiger partial charge < -0.3 is 24.3 Å². The van der Waals surface area contributed by atoms with E-state index in [2.05, 4.69) is 65.7 Å². The zero-order chi connectivity index (χ0) is 30.8. The van der Waals surface area contributed by atoms with Gasteiger partial charge in [-0.05, 0) is 88.7 Å². The van der Waals surface area contributed by atoms with Crippen molar-refractivity contribution in [2.75, 3.05) is 50.1 Å². The molecule has 9 nitrogen and oxygen atoms in total. The number of rotatable bonds is 7. The van der Waals surface area contributed by atoms with E-state index in [1.54, 1.807) is 4.90 Å². The second-order valence-corrected chi connectivity index (χ2v) is 12.8. The van der Waals surface area contributed by atoms with E-state index in [-0.39, 0.29) is 30.5 Å². The predicted molar refractivity (Wildman–Crippen MR) is 171 cm³/mol. The Balaban J connectivity index is 1.41. The molecule has 2 fully saturated rings.